The summed E-state index contributed by atoms with van der Waals surface area (Å²) in [7, 11) is -3.38. The monoisotopic (exact) mass is 346 g/mol. The Labute approximate surface area is 143 Å². The molecule has 1 unspecified atom stereocenters. The lowest BCUT2D eigenvalue weighted by molar-refractivity contribution is 0.0624. The van der Waals surface area contributed by atoms with Crippen molar-refractivity contribution in [1.82, 2.24) is 9.88 Å². The lowest BCUT2D eigenvalue weighted by Gasteiger charge is -2.33. The van der Waals surface area contributed by atoms with Crippen LogP contribution in [0.15, 0.2) is 53.7 Å². The van der Waals surface area contributed by atoms with E-state index in [1.54, 1.807) is 4.90 Å². The Bertz CT molecular complexity index is 800. The van der Waals surface area contributed by atoms with Crippen LogP contribution < -0.4 is 0 Å². The van der Waals surface area contributed by atoms with E-state index in [1.165, 1.54) is 18.3 Å². The van der Waals surface area contributed by atoms with Crippen LogP contribution in [0, 0.1) is 0 Å². The molecule has 0 spiro atoms. The molecule has 0 aliphatic heterocycles. The van der Waals surface area contributed by atoms with E-state index in [0.29, 0.717) is 5.56 Å². The second-order valence-corrected chi connectivity index (χ2v) is 8.01. The predicted molar refractivity (Wildman–Crippen MR) is 93.5 cm³/mol. The van der Waals surface area contributed by atoms with Gasteiger partial charge in [-0.25, -0.2) is 13.4 Å². The average Bonchev–Trinajstić information content (AvgIpc) is 2.54. The summed E-state index contributed by atoms with van der Waals surface area (Å²) < 4.78 is 23.0. The van der Waals surface area contributed by atoms with Crippen LogP contribution in [0.4, 0.5) is 0 Å². The van der Waals surface area contributed by atoms with Crippen LogP contribution in [0.1, 0.15) is 42.7 Å². The number of aromatic nitrogens is 1. The molecule has 1 aromatic carbocycles. The first kappa shape index (κ1) is 18.1. The molecule has 0 saturated heterocycles. The lowest BCUT2D eigenvalue weighted by Crippen LogP contribution is -2.39. The minimum absolute atomic E-state index is 0.0118. The molecule has 1 heterocycles. The van der Waals surface area contributed by atoms with Gasteiger partial charge in [0.05, 0.1) is 11.6 Å². The van der Waals surface area contributed by atoms with E-state index in [9.17, 15) is 13.2 Å². The van der Waals surface area contributed by atoms with Crippen molar-refractivity contribution in [3.63, 3.8) is 0 Å². The zero-order valence-electron chi connectivity index (χ0n) is 14.3. The Morgan fingerprint density at radius 1 is 1.04 bits per heavy atom. The van der Waals surface area contributed by atoms with Crippen molar-refractivity contribution in [1.29, 1.82) is 0 Å². The second kappa shape index (κ2) is 7.13. The van der Waals surface area contributed by atoms with Crippen molar-refractivity contribution in [3.8, 4) is 0 Å². The summed E-state index contributed by atoms with van der Waals surface area (Å²) in [6.45, 7) is 5.89. The van der Waals surface area contributed by atoms with Crippen molar-refractivity contribution in [2.24, 2.45) is 0 Å². The zero-order valence-corrected chi connectivity index (χ0v) is 15.1. The SMILES string of the molecule is CC(C)N(C(=O)c1ccc(S(C)(=O)=O)nc1)C(C)c1ccccc1. The van der Waals surface area contributed by atoms with E-state index in [4.69, 9.17) is 0 Å². The number of rotatable bonds is 5. The van der Waals surface area contributed by atoms with Gasteiger partial charge in [-0.05, 0) is 38.5 Å². The number of carbonyl (C=O) groups is 1. The molecular weight excluding hydrogens is 324 g/mol. The number of benzene rings is 1. The molecule has 24 heavy (non-hydrogen) atoms. The fourth-order valence-electron chi connectivity index (χ4n) is 2.62. The molecule has 0 N–H and O–H groups in total. The predicted octanol–water partition coefficient (Wildman–Crippen LogP) is 3.10. The molecule has 128 valence electrons. The van der Waals surface area contributed by atoms with Gasteiger partial charge in [0.2, 0.25) is 0 Å². The standard InChI is InChI=1S/C18H22N2O3S/c1-13(2)20(14(3)15-8-6-5-7-9-15)18(21)16-10-11-17(19-12-16)24(4,22)23/h5-14H,1-4H3. The van der Waals surface area contributed by atoms with Gasteiger partial charge < -0.3 is 4.90 Å². The minimum atomic E-state index is -3.38. The van der Waals surface area contributed by atoms with Gasteiger partial charge in [-0.15, -0.1) is 0 Å². The summed E-state index contributed by atoms with van der Waals surface area (Å²) in [5.41, 5.74) is 1.42. The molecule has 1 aromatic heterocycles. The number of hydrogen-bond donors (Lipinski definition) is 0. The summed E-state index contributed by atoms with van der Waals surface area (Å²) in [5, 5.41) is -0.0359. The minimum Gasteiger partial charge on any atom is -0.329 e. The highest BCUT2D eigenvalue weighted by atomic mass is 32.2. The lowest BCUT2D eigenvalue weighted by atomic mass is 10.0. The number of carbonyl (C=O) groups excluding carboxylic acids is 1. The summed E-state index contributed by atoms with van der Waals surface area (Å²) in [5.74, 6) is -0.172. The third kappa shape index (κ3) is 4.00. The number of amides is 1. The van der Waals surface area contributed by atoms with Crippen molar-refractivity contribution in [2.45, 2.75) is 37.9 Å². The van der Waals surface area contributed by atoms with Crippen LogP contribution in [0.2, 0.25) is 0 Å². The molecule has 0 bridgehead atoms. The van der Waals surface area contributed by atoms with Crippen LogP contribution in [0.25, 0.3) is 0 Å². The van der Waals surface area contributed by atoms with Gasteiger partial charge in [0.15, 0.2) is 14.9 Å². The van der Waals surface area contributed by atoms with Gasteiger partial charge >= 0.3 is 0 Å². The largest absolute Gasteiger partial charge is 0.329 e. The third-order valence-electron chi connectivity index (χ3n) is 3.85. The van der Waals surface area contributed by atoms with Crippen molar-refractivity contribution in [2.75, 3.05) is 6.26 Å². The summed E-state index contributed by atoms with van der Waals surface area (Å²) in [6.07, 6.45) is 2.42. The van der Waals surface area contributed by atoms with Gasteiger partial charge in [-0.1, -0.05) is 30.3 Å². The number of sulfone groups is 1. The first-order valence-electron chi connectivity index (χ1n) is 7.75. The molecule has 0 aliphatic rings. The molecule has 5 nitrogen and oxygen atoms in total. The normalized spacial score (nSPS) is 12.9. The molecule has 0 radical (unpaired) electrons. The summed E-state index contributed by atoms with van der Waals surface area (Å²) in [6, 6.07) is 12.6. The van der Waals surface area contributed by atoms with E-state index >= 15 is 0 Å². The Balaban J connectivity index is 2.33. The van der Waals surface area contributed by atoms with E-state index in [2.05, 4.69) is 4.98 Å². The molecular formula is C18H22N2O3S. The molecule has 0 aliphatic carbocycles. The van der Waals surface area contributed by atoms with E-state index < -0.39 is 9.84 Å². The Kier molecular flexibility index (Phi) is 5.39. The first-order chi connectivity index (χ1) is 11.2. The van der Waals surface area contributed by atoms with E-state index in [-0.39, 0.29) is 23.0 Å². The quantitative estimate of drug-likeness (QED) is 0.834. The fourth-order valence-corrected chi connectivity index (χ4v) is 3.18. The van der Waals surface area contributed by atoms with Crippen molar-refractivity contribution >= 4 is 15.7 Å². The zero-order chi connectivity index (χ0) is 17.9. The molecule has 1 amide bonds. The number of hydrogen-bond acceptors (Lipinski definition) is 4. The Morgan fingerprint density at radius 3 is 2.12 bits per heavy atom. The molecule has 0 saturated carbocycles. The van der Waals surface area contributed by atoms with E-state index in [1.807, 2.05) is 51.1 Å². The van der Waals surface area contributed by atoms with Crippen molar-refractivity contribution in [3.05, 3.63) is 59.8 Å². The maximum absolute atomic E-state index is 12.9. The number of nitrogens with zero attached hydrogens (tertiary/aromatic N) is 2. The maximum atomic E-state index is 12.9. The topological polar surface area (TPSA) is 67.3 Å². The maximum Gasteiger partial charge on any atom is 0.256 e. The molecule has 2 aromatic rings. The third-order valence-corrected chi connectivity index (χ3v) is 4.85. The molecule has 2 rings (SSSR count). The Morgan fingerprint density at radius 2 is 1.67 bits per heavy atom. The van der Waals surface area contributed by atoms with Gasteiger partial charge in [0, 0.05) is 18.5 Å². The molecule has 1 atom stereocenters. The first-order valence-corrected chi connectivity index (χ1v) is 9.64. The van der Waals surface area contributed by atoms with Crippen molar-refractivity contribution < 1.29 is 13.2 Å². The Hall–Kier alpha value is -2.21. The van der Waals surface area contributed by atoms with E-state index in [0.717, 1.165) is 11.8 Å². The summed E-state index contributed by atoms with van der Waals surface area (Å²) in [4.78, 5) is 18.6. The van der Waals surface area contributed by atoms with Crippen LogP contribution in [0.3, 0.4) is 0 Å². The highest BCUT2D eigenvalue weighted by Gasteiger charge is 2.25. The number of pyridine rings is 1. The van der Waals surface area contributed by atoms with Crippen LogP contribution in [-0.2, 0) is 9.84 Å². The molecule has 6 heteroatoms. The van der Waals surface area contributed by atoms with Crippen LogP contribution in [0.5, 0.6) is 0 Å². The van der Waals surface area contributed by atoms with Gasteiger partial charge in [0.1, 0.15) is 0 Å². The van der Waals surface area contributed by atoms with Crippen LogP contribution in [-0.4, -0.2) is 36.5 Å². The van der Waals surface area contributed by atoms with Gasteiger partial charge in [-0.2, -0.15) is 0 Å². The fraction of sp³-hybridized carbons (Fsp3) is 0.333. The van der Waals surface area contributed by atoms with Gasteiger partial charge in [-0.3, -0.25) is 4.79 Å². The van der Waals surface area contributed by atoms with Gasteiger partial charge in [0.25, 0.3) is 5.91 Å². The average molecular weight is 346 g/mol. The summed E-state index contributed by atoms with van der Waals surface area (Å²) >= 11 is 0. The second-order valence-electron chi connectivity index (χ2n) is 6.05. The highest BCUT2D eigenvalue weighted by molar-refractivity contribution is 7.90. The van der Waals surface area contributed by atoms with Crippen LogP contribution >= 0.6 is 0 Å². The molecule has 0 fully saturated rings. The highest BCUT2D eigenvalue weighted by Crippen LogP contribution is 2.24. The smallest absolute Gasteiger partial charge is 0.256 e.